The van der Waals surface area contributed by atoms with E-state index in [0.29, 0.717) is 16.9 Å². The van der Waals surface area contributed by atoms with E-state index < -0.39 is 52.5 Å². The van der Waals surface area contributed by atoms with Crippen molar-refractivity contribution < 1.29 is 60.5 Å². The van der Waals surface area contributed by atoms with Crippen molar-refractivity contribution in [3.05, 3.63) is 53.6 Å². The number of amides is 2. The standard InChI is InChI=1S/C22H27N5O8S.C2HF3O2/c1-34-17-8-7-15(11-18(17)35-2)36(32,33)27-16(22(30)31)12-26-19(28)9-10-25-21(29)14-5-3-13(4-6-14)20(23)24;3-2(4,5)1(6)7/h3-8,11,16,27H,9-10,12H2,1-2H3,(H3,23,24)(H,25,29)(H,26,28)(H,30,31);(H,6,7)/t16-;/m0./s1. The molecule has 0 unspecified atom stereocenters. The Kier molecular flexibility index (Phi) is 13.4. The maximum Gasteiger partial charge on any atom is 0.490 e. The van der Waals surface area contributed by atoms with Crippen molar-refractivity contribution in [1.29, 1.82) is 5.41 Å². The number of carboxylic acid groups (broad SMARTS) is 2. The van der Waals surface area contributed by atoms with Crippen LogP contribution in [0.3, 0.4) is 0 Å². The number of nitrogens with one attached hydrogen (secondary N) is 4. The number of carbonyl (C=O) groups excluding carboxylic acids is 2. The molecule has 0 heterocycles. The van der Waals surface area contributed by atoms with Crippen LogP contribution in [0, 0.1) is 5.41 Å². The highest BCUT2D eigenvalue weighted by Gasteiger charge is 2.38. The van der Waals surface area contributed by atoms with Crippen LogP contribution in [-0.2, 0) is 24.4 Å². The van der Waals surface area contributed by atoms with Gasteiger partial charge < -0.3 is 36.1 Å². The van der Waals surface area contributed by atoms with E-state index in [9.17, 15) is 41.1 Å². The molecule has 15 nitrogen and oxygen atoms in total. The van der Waals surface area contributed by atoms with E-state index in [4.69, 9.17) is 30.5 Å². The number of nitrogens with two attached hydrogens (primary N) is 1. The van der Waals surface area contributed by atoms with E-state index in [1.54, 1.807) is 0 Å². The molecule has 19 heteroatoms. The summed E-state index contributed by atoms with van der Waals surface area (Å²) in [5.74, 6) is -5.02. The highest BCUT2D eigenvalue weighted by atomic mass is 32.2. The molecule has 2 aromatic carbocycles. The minimum Gasteiger partial charge on any atom is -0.493 e. The largest absolute Gasteiger partial charge is 0.493 e. The summed E-state index contributed by atoms with van der Waals surface area (Å²) in [6.07, 6.45) is -5.26. The summed E-state index contributed by atoms with van der Waals surface area (Å²) < 4.78 is 69.2. The van der Waals surface area contributed by atoms with E-state index in [1.165, 1.54) is 56.7 Å². The number of aliphatic carboxylic acids is 2. The van der Waals surface area contributed by atoms with Crippen LogP contribution in [0.5, 0.6) is 11.5 Å². The zero-order chi connectivity index (χ0) is 33.0. The number of methoxy groups -OCH3 is 2. The lowest BCUT2D eigenvalue weighted by Gasteiger charge is -2.16. The lowest BCUT2D eigenvalue weighted by atomic mass is 10.1. The van der Waals surface area contributed by atoms with Gasteiger partial charge in [0.2, 0.25) is 15.9 Å². The number of halogens is 3. The monoisotopic (exact) mass is 635 g/mol. The van der Waals surface area contributed by atoms with Crippen molar-refractivity contribution in [2.24, 2.45) is 5.73 Å². The molecule has 1 atom stereocenters. The van der Waals surface area contributed by atoms with Gasteiger partial charge in [0.05, 0.1) is 19.1 Å². The first-order chi connectivity index (χ1) is 19.9. The van der Waals surface area contributed by atoms with E-state index in [-0.39, 0.29) is 29.4 Å². The molecule has 0 aliphatic rings. The van der Waals surface area contributed by atoms with Crippen LogP contribution in [0.15, 0.2) is 47.4 Å². The molecular formula is C24H28F3N5O10S. The molecule has 0 radical (unpaired) electrons. The highest BCUT2D eigenvalue weighted by Crippen LogP contribution is 2.29. The van der Waals surface area contributed by atoms with Gasteiger partial charge in [0, 0.05) is 36.7 Å². The number of ether oxygens (including phenoxy) is 2. The van der Waals surface area contributed by atoms with Crippen LogP contribution >= 0.6 is 0 Å². The van der Waals surface area contributed by atoms with Gasteiger partial charge in [0.25, 0.3) is 5.91 Å². The molecule has 0 bridgehead atoms. The maximum atomic E-state index is 12.6. The average molecular weight is 636 g/mol. The second-order valence-corrected chi connectivity index (χ2v) is 9.85. The Labute approximate surface area is 242 Å². The fourth-order valence-corrected chi connectivity index (χ4v) is 4.12. The average Bonchev–Trinajstić information content (AvgIpc) is 2.94. The zero-order valence-electron chi connectivity index (χ0n) is 22.5. The lowest BCUT2D eigenvalue weighted by molar-refractivity contribution is -0.192. The topological polar surface area (TPSA) is 247 Å². The molecule has 0 spiro atoms. The summed E-state index contributed by atoms with van der Waals surface area (Å²) in [6, 6.07) is 8.09. The van der Waals surface area contributed by atoms with Crippen LogP contribution in [-0.4, -0.2) is 87.7 Å². The molecule has 43 heavy (non-hydrogen) atoms. The minimum atomic E-state index is -5.08. The molecule has 8 N–H and O–H groups in total. The molecule has 0 saturated carbocycles. The smallest absolute Gasteiger partial charge is 0.490 e. The number of sulfonamides is 1. The third kappa shape index (κ3) is 11.8. The normalized spacial score (nSPS) is 11.7. The van der Waals surface area contributed by atoms with Gasteiger partial charge in [0.15, 0.2) is 11.5 Å². The van der Waals surface area contributed by atoms with Crippen LogP contribution in [0.25, 0.3) is 0 Å². The van der Waals surface area contributed by atoms with Gasteiger partial charge in [-0.05, 0) is 24.3 Å². The van der Waals surface area contributed by atoms with Crippen molar-refractivity contribution in [3.8, 4) is 11.5 Å². The Morgan fingerprint density at radius 3 is 1.95 bits per heavy atom. The molecule has 2 aromatic rings. The summed E-state index contributed by atoms with van der Waals surface area (Å²) >= 11 is 0. The van der Waals surface area contributed by atoms with E-state index in [0.717, 1.165) is 0 Å². The highest BCUT2D eigenvalue weighted by molar-refractivity contribution is 7.89. The Morgan fingerprint density at radius 2 is 1.49 bits per heavy atom. The van der Waals surface area contributed by atoms with Crippen molar-refractivity contribution in [1.82, 2.24) is 15.4 Å². The summed E-state index contributed by atoms with van der Waals surface area (Å²) in [5, 5.41) is 28.7. The van der Waals surface area contributed by atoms with Gasteiger partial charge in [-0.3, -0.25) is 19.8 Å². The number of carbonyl (C=O) groups is 4. The maximum absolute atomic E-state index is 12.6. The number of carboxylic acids is 2. The molecule has 2 rings (SSSR count). The van der Waals surface area contributed by atoms with Gasteiger partial charge >= 0.3 is 18.1 Å². The second-order valence-electron chi connectivity index (χ2n) is 8.13. The molecule has 0 aliphatic heterocycles. The summed E-state index contributed by atoms with van der Waals surface area (Å²) in [4.78, 5) is 44.5. The molecular weight excluding hydrogens is 607 g/mol. The number of alkyl halides is 3. The first-order valence-electron chi connectivity index (χ1n) is 11.7. The minimum absolute atomic E-state index is 0.0474. The third-order valence-electron chi connectivity index (χ3n) is 5.10. The van der Waals surface area contributed by atoms with Crippen molar-refractivity contribution in [2.75, 3.05) is 27.3 Å². The Morgan fingerprint density at radius 1 is 0.953 bits per heavy atom. The summed E-state index contributed by atoms with van der Waals surface area (Å²) in [6.45, 7) is -0.574. The molecule has 0 fully saturated rings. The number of hydrogen-bond acceptors (Lipinski definition) is 9. The second kappa shape index (κ2) is 15.9. The molecule has 0 saturated heterocycles. The Balaban J connectivity index is 0.00000117. The number of amidine groups is 1. The molecule has 0 aromatic heterocycles. The zero-order valence-corrected chi connectivity index (χ0v) is 23.3. The van der Waals surface area contributed by atoms with Crippen molar-refractivity contribution in [3.63, 3.8) is 0 Å². The Hall–Kier alpha value is -4.91. The quantitative estimate of drug-likeness (QED) is 0.116. The number of benzene rings is 2. The first-order valence-corrected chi connectivity index (χ1v) is 13.2. The van der Waals surface area contributed by atoms with Crippen LogP contribution in [0.4, 0.5) is 13.2 Å². The summed E-state index contributed by atoms with van der Waals surface area (Å²) in [5.41, 5.74) is 6.12. The number of nitrogen functional groups attached to an aromatic ring is 1. The lowest BCUT2D eigenvalue weighted by Crippen LogP contribution is -2.48. The fraction of sp³-hybridized carbons (Fsp3) is 0.292. The van der Waals surface area contributed by atoms with Gasteiger partial charge in [-0.2, -0.15) is 17.9 Å². The predicted octanol–water partition coefficient (Wildman–Crippen LogP) is 0.289. The van der Waals surface area contributed by atoms with Crippen molar-refractivity contribution in [2.45, 2.75) is 23.5 Å². The molecule has 236 valence electrons. The van der Waals surface area contributed by atoms with Gasteiger partial charge in [-0.15, -0.1) is 0 Å². The van der Waals surface area contributed by atoms with Crippen molar-refractivity contribution >= 4 is 39.6 Å². The third-order valence-corrected chi connectivity index (χ3v) is 6.57. The Bertz CT molecular complexity index is 1430. The first kappa shape index (κ1) is 36.1. The molecule has 2 amide bonds. The number of hydrogen-bond donors (Lipinski definition) is 7. The summed E-state index contributed by atoms with van der Waals surface area (Å²) in [7, 11) is -1.57. The SMILES string of the molecule is COc1ccc(S(=O)(=O)N[C@@H](CNC(=O)CCNC(=O)c2ccc(C(=N)N)cc2)C(=O)O)cc1OC.O=C(O)C(F)(F)F. The van der Waals surface area contributed by atoms with E-state index in [1.807, 2.05) is 4.72 Å². The number of rotatable bonds is 13. The van der Waals surface area contributed by atoms with Crippen LogP contribution in [0.1, 0.15) is 22.3 Å². The molecule has 0 aliphatic carbocycles. The fourth-order valence-electron chi connectivity index (χ4n) is 2.92. The van der Waals surface area contributed by atoms with Crippen LogP contribution in [0.2, 0.25) is 0 Å². The predicted molar refractivity (Wildman–Crippen MR) is 142 cm³/mol. The van der Waals surface area contributed by atoms with E-state index >= 15 is 0 Å². The van der Waals surface area contributed by atoms with Gasteiger partial charge in [0.1, 0.15) is 11.9 Å². The van der Waals surface area contributed by atoms with Crippen LogP contribution < -0.4 is 30.6 Å². The van der Waals surface area contributed by atoms with Gasteiger partial charge in [-0.25, -0.2) is 13.2 Å². The van der Waals surface area contributed by atoms with E-state index in [2.05, 4.69) is 10.6 Å². The van der Waals surface area contributed by atoms with Gasteiger partial charge in [-0.1, -0.05) is 12.1 Å².